The maximum atomic E-state index is 12.9. The lowest BCUT2D eigenvalue weighted by molar-refractivity contribution is -0.134. The number of carbonyl (C=O) groups excluding carboxylic acids is 1. The first-order chi connectivity index (χ1) is 14.2. The molecule has 1 saturated heterocycles. The molecule has 3 heterocycles. The van der Waals surface area contributed by atoms with Crippen LogP contribution < -0.4 is 4.74 Å². The molecule has 6 heteroatoms. The molecule has 0 spiro atoms. The number of carbonyl (C=O) groups is 1. The smallest absolute Gasteiger partial charge is 0.225 e. The highest BCUT2D eigenvalue weighted by Crippen LogP contribution is 2.34. The minimum atomic E-state index is 0.192. The topological polar surface area (TPSA) is 60.3 Å². The van der Waals surface area contributed by atoms with Crippen LogP contribution in [0.25, 0.3) is 22.6 Å². The van der Waals surface area contributed by atoms with E-state index in [0.29, 0.717) is 5.91 Å². The first kappa shape index (κ1) is 18.2. The van der Waals surface area contributed by atoms with Crippen LogP contribution in [0.5, 0.6) is 5.75 Å². The molecule has 29 heavy (non-hydrogen) atoms. The van der Waals surface area contributed by atoms with E-state index in [4.69, 9.17) is 9.72 Å². The van der Waals surface area contributed by atoms with Gasteiger partial charge in [0.25, 0.3) is 0 Å². The number of rotatable bonds is 4. The van der Waals surface area contributed by atoms with E-state index in [0.717, 1.165) is 60.7 Å². The number of fused-ring (bicyclic) bond motifs is 1. The van der Waals surface area contributed by atoms with Gasteiger partial charge in [0.05, 0.1) is 13.2 Å². The monoisotopic (exact) mass is 390 g/mol. The molecule has 1 atom stereocenters. The number of likely N-dealkylation sites (tertiary alicyclic amines) is 1. The number of methoxy groups -OCH3 is 1. The van der Waals surface area contributed by atoms with Gasteiger partial charge >= 0.3 is 0 Å². The largest absolute Gasteiger partial charge is 0.497 e. The number of nitrogens with zero attached hydrogens (tertiary/aromatic N) is 4. The summed E-state index contributed by atoms with van der Waals surface area (Å²) in [5, 5.41) is 0. The number of hydrogen-bond donors (Lipinski definition) is 0. The Morgan fingerprint density at radius 2 is 1.90 bits per heavy atom. The summed E-state index contributed by atoms with van der Waals surface area (Å²) in [6, 6.07) is 12.1. The molecule has 6 nitrogen and oxygen atoms in total. The van der Waals surface area contributed by atoms with Crippen LogP contribution in [-0.4, -0.2) is 45.5 Å². The van der Waals surface area contributed by atoms with Crippen molar-refractivity contribution in [3.63, 3.8) is 0 Å². The van der Waals surface area contributed by atoms with Gasteiger partial charge in [-0.25, -0.2) is 9.97 Å². The van der Waals surface area contributed by atoms with Gasteiger partial charge in [0.1, 0.15) is 17.1 Å². The molecule has 0 radical (unpaired) electrons. The molecular weight excluding hydrogens is 364 g/mol. The summed E-state index contributed by atoms with van der Waals surface area (Å²) >= 11 is 0. The van der Waals surface area contributed by atoms with Crippen molar-refractivity contribution in [1.29, 1.82) is 0 Å². The van der Waals surface area contributed by atoms with Crippen molar-refractivity contribution in [2.45, 2.75) is 38.1 Å². The van der Waals surface area contributed by atoms with Gasteiger partial charge in [-0.2, -0.15) is 0 Å². The van der Waals surface area contributed by atoms with Gasteiger partial charge in [0.15, 0.2) is 5.65 Å². The van der Waals surface area contributed by atoms with Gasteiger partial charge in [0, 0.05) is 30.8 Å². The molecule has 1 saturated carbocycles. The van der Waals surface area contributed by atoms with E-state index in [1.807, 2.05) is 42.6 Å². The Labute approximate surface area is 170 Å². The third kappa shape index (κ3) is 3.26. The highest BCUT2D eigenvalue weighted by atomic mass is 16.5. The zero-order valence-electron chi connectivity index (χ0n) is 16.8. The summed E-state index contributed by atoms with van der Waals surface area (Å²) in [7, 11) is 1.67. The van der Waals surface area contributed by atoms with Crippen molar-refractivity contribution in [1.82, 2.24) is 19.4 Å². The highest BCUT2D eigenvalue weighted by molar-refractivity contribution is 5.80. The molecule has 1 aliphatic carbocycles. The summed E-state index contributed by atoms with van der Waals surface area (Å²) in [5.41, 5.74) is 2.81. The number of ether oxygens (including phenoxy) is 1. The van der Waals surface area contributed by atoms with Crippen molar-refractivity contribution in [3.8, 4) is 17.1 Å². The second-order valence-corrected chi connectivity index (χ2v) is 8.09. The van der Waals surface area contributed by atoms with Crippen LogP contribution in [0.2, 0.25) is 0 Å². The van der Waals surface area contributed by atoms with Gasteiger partial charge < -0.3 is 14.2 Å². The average Bonchev–Trinajstić information content (AvgIpc) is 3.52. The fourth-order valence-electron chi connectivity index (χ4n) is 4.80. The summed E-state index contributed by atoms with van der Waals surface area (Å²) in [5.74, 6) is 2.30. The molecule has 1 aromatic carbocycles. The zero-order chi connectivity index (χ0) is 19.8. The third-order valence-corrected chi connectivity index (χ3v) is 6.34. The third-order valence-electron chi connectivity index (χ3n) is 6.34. The molecule has 0 N–H and O–H groups in total. The lowest BCUT2D eigenvalue weighted by Gasteiger charge is -2.21. The Morgan fingerprint density at radius 3 is 2.66 bits per heavy atom. The second kappa shape index (κ2) is 7.50. The molecular formula is C23H26N4O2. The standard InChI is InChI=1S/C23H26N4O2/c1-29-19-10-8-16(9-11-19)21-25-20-7-4-13-24-22(20)27(21)18-12-14-26(15-18)23(28)17-5-2-3-6-17/h4,7-11,13,17-18H,2-3,5-6,12,14-15H2,1H3. The predicted octanol–water partition coefficient (Wildman–Crippen LogP) is 4.07. The molecule has 2 fully saturated rings. The van der Waals surface area contributed by atoms with E-state index in [2.05, 4.69) is 14.5 Å². The minimum absolute atomic E-state index is 0.192. The number of amides is 1. The second-order valence-electron chi connectivity index (χ2n) is 8.09. The van der Waals surface area contributed by atoms with Crippen molar-refractivity contribution < 1.29 is 9.53 Å². The van der Waals surface area contributed by atoms with Crippen molar-refractivity contribution in [2.24, 2.45) is 5.92 Å². The van der Waals surface area contributed by atoms with Gasteiger partial charge in [-0.3, -0.25) is 4.79 Å². The molecule has 0 bridgehead atoms. The zero-order valence-corrected chi connectivity index (χ0v) is 16.8. The Balaban J connectivity index is 1.49. The lowest BCUT2D eigenvalue weighted by atomic mass is 10.1. The molecule has 1 amide bonds. The minimum Gasteiger partial charge on any atom is -0.497 e. The van der Waals surface area contributed by atoms with Crippen LogP contribution in [0.1, 0.15) is 38.1 Å². The molecule has 5 rings (SSSR count). The molecule has 2 aromatic heterocycles. The van der Waals surface area contributed by atoms with Crippen LogP contribution in [0.4, 0.5) is 0 Å². The Bertz CT molecular complexity index is 1020. The number of hydrogen-bond acceptors (Lipinski definition) is 4. The van der Waals surface area contributed by atoms with Crippen molar-refractivity contribution >= 4 is 17.1 Å². The predicted molar refractivity (Wildman–Crippen MR) is 112 cm³/mol. The summed E-state index contributed by atoms with van der Waals surface area (Å²) in [6.45, 7) is 1.55. The van der Waals surface area contributed by atoms with E-state index in [9.17, 15) is 4.79 Å². The van der Waals surface area contributed by atoms with E-state index >= 15 is 0 Å². The van der Waals surface area contributed by atoms with Gasteiger partial charge in [-0.05, 0) is 55.7 Å². The van der Waals surface area contributed by atoms with Gasteiger partial charge in [0.2, 0.25) is 5.91 Å². The van der Waals surface area contributed by atoms with Gasteiger partial charge in [-0.1, -0.05) is 12.8 Å². The summed E-state index contributed by atoms with van der Waals surface area (Å²) in [4.78, 5) is 24.5. The molecule has 2 aliphatic rings. The number of pyridine rings is 1. The lowest BCUT2D eigenvalue weighted by Crippen LogP contribution is -2.33. The van der Waals surface area contributed by atoms with E-state index in [1.165, 1.54) is 12.8 Å². The summed E-state index contributed by atoms with van der Waals surface area (Å²) < 4.78 is 7.53. The fourth-order valence-corrected chi connectivity index (χ4v) is 4.80. The van der Waals surface area contributed by atoms with Crippen LogP contribution in [0, 0.1) is 5.92 Å². The Kier molecular flexibility index (Phi) is 4.70. The molecule has 150 valence electrons. The first-order valence-corrected chi connectivity index (χ1v) is 10.5. The van der Waals surface area contributed by atoms with Crippen LogP contribution >= 0.6 is 0 Å². The highest BCUT2D eigenvalue weighted by Gasteiger charge is 2.34. The van der Waals surface area contributed by atoms with Crippen molar-refractivity contribution in [2.75, 3.05) is 20.2 Å². The van der Waals surface area contributed by atoms with Crippen LogP contribution in [-0.2, 0) is 4.79 Å². The Morgan fingerprint density at radius 1 is 1.10 bits per heavy atom. The normalized spacial score (nSPS) is 19.9. The summed E-state index contributed by atoms with van der Waals surface area (Å²) in [6.07, 6.45) is 7.22. The van der Waals surface area contributed by atoms with E-state index < -0.39 is 0 Å². The maximum absolute atomic E-state index is 12.9. The first-order valence-electron chi connectivity index (χ1n) is 10.5. The Hall–Kier alpha value is -2.89. The van der Waals surface area contributed by atoms with Gasteiger partial charge in [-0.15, -0.1) is 0 Å². The van der Waals surface area contributed by atoms with Crippen LogP contribution in [0.3, 0.4) is 0 Å². The quantitative estimate of drug-likeness (QED) is 0.674. The van der Waals surface area contributed by atoms with E-state index in [1.54, 1.807) is 7.11 Å². The van der Waals surface area contributed by atoms with Crippen LogP contribution in [0.15, 0.2) is 42.6 Å². The maximum Gasteiger partial charge on any atom is 0.225 e. The molecule has 1 aliphatic heterocycles. The average molecular weight is 390 g/mol. The number of benzene rings is 1. The SMILES string of the molecule is COc1ccc(-c2nc3cccnc3n2C2CCN(C(=O)C3CCCC3)C2)cc1. The molecule has 1 unspecified atom stereocenters. The number of aromatic nitrogens is 3. The van der Waals surface area contributed by atoms with E-state index in [-0.39, 0.29) is 12.0 Å². The molecule has 3 aromatic rings. The number of imidazole rings is 1. The fraction of sp³-hybridized carbons (Fsp3) is 0.435. The van der Waals surface area contributed by atoms with Crippen molar-refractivity contribution in [3.05, 3.63) is 42.6 Å².